The van der Waals surface area contributed by atoms with E-state index in [1.54, 1.807) is 13.1 Å². The molecule has 1 saturated heterocycles. The van der Waals surface area contributed by atoms with E-state index in [0.29, 0.717) is 6.42 Å². The first-order valence-corrected chi connectivity index (χ1v) is 9.89. The van der Waals surface area contributed by atoms with Crippen LogP contribution >= 0.6 is 0 Å². The van der Waals surface area contributed by atoms with Crippen LogP contribution in [0.15, 0.2) is 34.8 Å². The minimum absolute atomic E-state index is 0.0535. The van der Waals surface area contributed by atoms with E-state index in [0.717, 1.165) is 28.7 Å². The molecule has 5 nitrogen and oxygen atoms in total. The van der Waals surface area contributed by atoms with Gasteiger partial charge in [0.2, 0.25) is 5.91 Å². The zero-order valence-corrected chi connectivity index (χ0v) is 14.7. The maximum atomic E-state index is 12.4. The quantitative estimate of drug-likeness (QED) is 0.798. The average Bonchev–Trinajstić information content (AvgIpc) is 3.11. The molecular formula is C18H21NO4S. The van der Waals surface area contributed by atoms with Gasteiger partial charge in [-0.25, -0.2) is 8.42 Å². The number of nitrogens with zero attached hydrogens (tertiary/aromatic N) is 1. The highest BCUT2D eigenvalue weighted by molar-refractivity contribution is 7.91. The summed E-state index contributed by atoms with van der Waals surface area (Å²) in [6.07, 6.45) is 4.51. The van der Waals surface area contributed by atoms with Gasteiger partial charge < -0.3 is 9.32 Å². The third-order valence-electron chi connectivity index (χ3n) is 4.53. The molecule has 0 spiro atoms. The summed E-state index contributed by atoms with van der Waals surface area (Å²) in [5, 5.41) is 0.976. The molecule has 1 atom stereocenters. The van der Waals surface area contributed by atoms with Gasteiger partial charge in [0.1, 0.15) is 11.3 Å². The number of rotatable bonds is 4. The van der Waals surface area contributed by atoms with Crippen molar-refractivity contribution in [3.8, 4) is 0 Å². The molecule has 1 amide bonds. The first kappa shape index (κ1) is 16.8. The van der Waals surface area contributed by atoms with Gasteiger partial charge in [-0.3, -0.25) is 4.79 Å². The highest BCUT2D eigenvalue weighted by Gasteiger charge is 2.32. The standard InChI is InChI=1S/C18H21NO4S/c1-3-16-15(14-6-4-5-7-17(14)23-16)8-9-18(20)19(2)13-10-11-24(21,22)12-13/h4-9,13H,3,10-12H2,1-2H3/b9-8+. The molecule has 3 rings (SSSR count). The molecule has 0 N–H and O–H groups in total. The van der Waals surface area contributed by atoms with Crippen molar-refractivity contribution >= 4 is 32.8 Å². The van der Waals surface area contributed by atoms with Gasteiger partial charge in [0, 0.05) is 36.5 Å². The van der Waals surface area contributed by atoms with Crippen LogP contribution in [-0.4, -0.2) is 43.8 Å². The Morgan fingerprint density at radius 3 is 2.79 bits per heavy atom. The maximum absolute atomic E-state index is 12.4. The lowest BCUT2D eigenvalue weighted by Crippen LogP contribution is -2.36. The minimum Gasteiger partial charge on any atom is -0.460 e. The number of hydrogen-bond donors (Lipinski definition) is 0. The lowest BCUT2D eigenvalue weighted by Gasteiger charge is -2.21. The molecule has 1 aromatic carbocycles. The second-order valence-corrected chi connectivity index (χ2v) is 8.36. The molecular weight excluding hydrogens is 326 g/mol. The molecule has 24 heavy (non-hydrogen) atoms. The molecule has 0 aliphatic carbocycles. The highest BCUT2D eigenvalue weighted by atomic mass is 32.2. The van der Waals surface area contributed by atoms with E-state index in [1.165, 1.54) is 11.0 Å². The van der Waals surface area contributed by atoms with E-state index < -0.39 is 9.84 Å². The van der Waals surface area contributed by atoms with Crippen molar-refractivity contribution in [3.63, 3.8) is 0 Å². The SMILES string of the molecule is CCc1oc2ccccc2c1/C=C/C(=O)N(C)C1CCS(=O)(=O)C1. The fraction of sp³-hybridized carbons (Fsp3) is 0.389. The van der Waals surface area contributed by atoms with Crippen molar-refractivity contribution in [2.45, 2.75) is 25.8 Å². The van der Waals surface area contributed by atoms with Crippen molar-refractivity contribution in [1.29, 1.82) is 0 Å². The van der Waals surface area contributed by atoms with Crippen molar-refractivity contribution in [2.24, 2.45) is 0 Å². The molecule has 128 valence electrons. The molecule has 1 aliphatic heterocycles. The van der Waals surface area contributed by atoms with Gasteiger partial charge in [-0.15, -0.1) is 0 Å². The van der Waals surface area contributed by atoms with Crippen molar-refractivity contribution in [1.82, 2.24) is 4.90 Å². The predicted octanol–water partition coefficient (Wildman–Crippen LogP) is 2.65. The second kappa shape index (κ2) is 6.43. The Morgan fingerprint density at radius 1 is 1.38 bits per heavy atom. The molecule has 1 aromatic heterocycles. The molecule has 2 heterocycles. The van der Waals surface area contributed by atoms with Gasteiger partial charge in [0.15, 0.2) is 9.84 Å². The Bertz CT molecular complexity index is 895. The number of fused-ring (bicyclic) bond motifs is 1. The number of sulfone groups is 1. The van der Waals surface area contributed by atoms with Gasteiger partial charge in [-0.05, 0) is 18.6 Å². The second-order valence-electron chi connectivity index (χ2n) is 6.13. The number of aryl methyl sites for hydroxylation is 1. The van der Waals surface area contributed by atoms with Gasteiger partial charge in [0.25, 0.3) is 0 Å². The first-order chi connectivity index (χ1) is 11.4. The Hall–Kier alpha value is -2.08. The topological polar surface area (TPSA) is 67.6 Å². The normalized spacial score (nSPS) is 20.0. The van der Waals surface area contributed by atoms with Crippen LogP contribution in [0.5, 0.6) is 0 Å². The average molecular weight is 347 g/mol. The molecule has 2 aromatic rings. The lowest BCUT2D eigenvalue weighted by atomic mass is 10.1. The number of amides is 1. The van der Waals surface area contributed by atoms with Gasteiger partial charge >= 0.3 is 0 Å². The summed E-state index contributed by atoms with van der Waals surface area (Å²) in [6, 6.07) is 7.49. The predicted molar refractivity (Wildman–Crippen MR) is 94.5 cm³/mol. The lowest BCUT2D eigenvalue weighted by molar-refractivity contribution is -0.126. The molecule has 0 bridgehead atoms. The smallest absolute Gasteiger partial charge is 0.246 e. The summed E-state index contributed by atoms with van der Waals surface area (Å²) < 4.78 is 29.0. The van der Waals surface area contributed by atoms with Crippen LogP contribution in [-0.2, 0) is 21.1 Å². The van der Waals surface area contributed by atoms with Crippen LogP contribution < -0.4 is 0 Å². The third kappa shape index (κ3) is 3.24. The summed E-state index contributed by atoms with van der Waals surface area (Å²) in [5.41, 5.74) is 1.71. The van der Waals surface area contributed by atoms with Crippen LogP contribution in [0.4, 0.5) is 0 Å². The van der Waals surface area contributed by atoms with Crippen molar-refractivity contribution in [2.75, 3.05) is 18.6 Å². The maximum Gasteiger partial charge on any atom is 0.246 e. The molecule has 1 unspecified atom stereocenters. The monoisotopic (exact) mass is 347 g/mol. The van der Waals surface area contributed by atoms with E-state index >= 15 is 0 Å². The highest BCUT2D eigenvalue weighted by Crippen LogP contribution is 2.27. The van der Waals surface area contributed by atoms with E-state index in [9.17, 15) is 13.2 Å². The summed E-state index contributed by atoms with van der Waals surface area (Å²) >= 11 is 0. The molecule has 6 heteroatoms. The number of carbonyl (C=O) groups is 1. The number of para-hydroxylation sites is 1. The molecule has 1 aliphatic rings. The van der Waals surface area contributed by atoms with E-state index in [4.69, 9.17) is 4.42 Å². The number of likely N-dealkylation sites (N-methyl/N-ethyl adjacent to an activating group) is 1. The van der Waals surface area contributed by atoms with E-state index in [-0.39, 0.29) is 23.5 Å². The summed E-state index contributed by atoms with van der Waals surface area (Å²) in [5.74, 6) is 0.860. The fourth-order valence-corrected chi connectivity index (χ4v) is 4.87. The largest absolute Gasteiger partial charge is 0.460 e. The Labute approximate surface area is 141 Å². The van der Waals surface area contributed by atoms with Crippen LogP contribution in [0, 0.1) is 0 Å². The van der Waals surface area contributed by atoms with Gasteiger partial charge in [-0.1, -0.05) is 25.1 Å². The zero-order chi connectivity index (χ0) is 17.3. The zero-order valence-electron chi connectivity index (χ0n) is 13.9. The van der Waals surface area contributed by atoms with Crippen molar-refractivity contribution in [3.05, 3.63) is 41.7 Å². The van der Waals surface area contributed by atoms with Gasteiger partial charge in [-0.2, -0.15) is 0 Å². The minimum atomic E-state index is -3.00. The number of furan rings is 1. The Kier molecular flexibility index (Phi) is 4.49. The summed E-state index contributed by atoms with van der Waals surface area (Å²) in [4.78, 5) is 13.9. The summed E-state index contributed by atoms with van der Waals surface area (Å²) in [7, 11) is -1.35. The molecule has 1 fully saturated rings. The third-order valence-corrected chi connectivity index (χ3v) is 6.28. The van der Waals surface area contributed by atoms with Crippen LogP contribution in [0.3, 0.4) is 0 Å². The van der Waals surface area contributed by atoms with E-state index in [2.05, 4.69) is 0 Å². The Balaban J connectivity index is 1.82. The summed E-state index contributed by atoms with van der Waals surface area (Å²) in [6.45, 7) is 2.01. The van der Waals surface area contributed by atoms with Crippen molar-refractivity contribution < 1.29 is 17.6 Å². The number of benzene rings is 1. The molecule has 0 radical (unpaired) electrons. The fourth-order valence-electron chi connectivity index (χ4n) is 3.09. The number of hydrogen-bond acceptors (Lipinski definition) is 4. The van der Waals surface area contributed by atoms with Crippen LogP contribution in [0.2, 0.25) is 0 Å². The number of carbonyl (C=O) groups excluding carboxylic acids is 1. The van der Waals surface area contributed by atoms with Crippen LogP contribution in [0.1, 0.15) is 24.7 Å². The first-order valence-electron chi connectivity index (χ1n) is 8.07. The van der Waals surface area contributed by atoms with Gasteiger partial charge in [0.05, 0.1) is 11.5 Å². The Morgan fingerprint density at radius 2 is 2.12 bits per heavy atom. The van der Waals surface area contributed by atoms with E-state index in [1.807, 2.05) is 31.2 Å². The van der Waals surface area contributed by atoms with Crippen LogP contribution in [0.25, 0.3) is 17.0 Å². The molecule has 0 saturated carbocycles.